The van der Waals surface area contributed by atoms with Gasteiger partial charge in [0.25, 0.3) is 0 Å². The predicted octanol–water partition coefficient (Wildman–Crippen LogP) is 0.454. The Balaban J connectivity index is 1.40. The fourth-order valence-corrected chi connectivity index (χ4v) is 3.12. The summed E-state index contributed by atoms with van der Waals surface area (Å²) in [6, 6.07) is 0. The second-order valence-electron chi connectivity index (χ2n) is 5.97. The van der Waals surface area contributed by atoms with E-state index < -0.39 is 0 Å². The summed E-state index contributed by atoms with van der Waals surface area (Å²) in [5.74, 6) is 0.959. The largest absolute Gasteiger partial charge is 0.378 e. The lowest BCUT2D eigenvalue weighted by Crippen LogP contribution is -2.47. The number of amides is 1. The van der Waals surface area contributed by atoms with E-state index in [9.17, 15) is 4.79 Å². The van der Waals surface area contributed by atoms with E-state index in [1.165, 1.54) is 0 Å². The summed E-state index contributed by atoms with van der Waals surface area (Å²) in [7, 11) is 0. The highest BCUT2D eigenvalue weighted by Crippen LogP contribution is 2.19. The fourth-order valence-electron chi connectivity index (χ4n) is 3.12. The third-order valence-electron chi connectivity index (χ3n) is 4.46. The Labute approximate surface area is 125 Å². The minimum absolute atomic E-state index is 0.256. The monoisotopic (exact) mass is 292 g/mol. The van der Waals surface area contributed by atoms with Crippen molar-refractivity contribution in [2.75, 3.05) is 45.9 Å². The number of piperidine rings is 1. The number of rotatable bonds is 4. The van der Waals surface area contributed by atoms with E-state index in [4.69, 9.17) is 4.74 Å². The van der Waals surface area contributed by atoms with Crippen LogP contribution in [0, 0.1) is 5.92 Å². The van der Waals surface area contributed by atoms with Crippen LogP contribution < -0.4 is 0 Å². The summed E-state index contributed by atoms with van der Waals surface area (Å²) in [5, 5.41) is 0. The molecule has 1 aromatic heterocycles. The van der Waals surface area contributed by atoms with Crippen LogP contribution >= 0.6 is 0 Å². The second-order valence-corrected chi connectivity index (χ2v) is 5.97. The van der Waals surface area contributed by atoms with Crippen molar-refractivity contribution in [2.24, 2.45) is 5.92 Å². The third-order valence-corrected chi connectivity index (χ3v) is 4.46. The lowest BCUT2D eigenvalue weighted by Gasteiger charge is -2.34. The fraction of sp³-hybridized carbons (Fsp3) is 0.733. The van der Waals surface area contributed by atoms with E-state index in [0.29, 0.717) is 25.7 Å². The predicted molar refractivity (Wildman–Crippen MR) is 78.8 cm³/mol. The Morgan fingerprint density at radius 2 is 1.95 bits per heavy atom. The molecule has 116 valence electrons. The highest BCUT2D eigenvalue weighted by Gasteiger charge is 2.24. The number of likely N-dealkylation sites (tertiary alicyclic amines) is 1. The van der Waals surface area contributed by atoms with Gasteiger partial charge < -0.3 is 14.2 Å². The molecule has 0 bridgehead atoms. The molecule has 2 saturated heterocycles. The summed E-state index contributed by atoms with van der Waals surface area (Å²) >= 11 is 0. The summed E-state index contributed by atoms with van der Waals surface area (Å²) in [6.45, 7) is 6.51. The first-order chi connectivity index (χ1) is 10.3. The first kappa shape index (κ1) is 14.5. The van der Waals surface area contributed by atoms with Crippen LogP contribution in [0.2, 0.25) is 0 Å². The zero-order valence-corrected chi connectivity index (χ0v) is 12.5. The molecular weight excluding hydrogens is 268 g/mol. The molecule has 1 amide bonds. The molecule has 6 nitrogen and oxygen atoms in total. The zero-order valence-electron chi connectivity index (χ0n) is 12.5. The molecule has 0 aromatic carbocycles. The van der Waals surface area contributed by atoms with Crippen LogP contribution in [0.5, 0.6) is 0 Å². The summed E-state index contributed by atoms with van der Waals surface area (Å²) < 4.78 is 7.44. The maximum atomic E-state index is 12.2. The van der Waals surface area contributed by atoms with Gasteiger partial charge in [-0.2, -0.15) is 0 Å². The van der Waals surface area contributed by atoms with Gasteiger partial charge in [0.1, 0.15) is 0 Å². The van der Waals surface area contributed by atoms with Crippen LogP contribution in [0.1, 0.15) is 12.8 Å². The molecule has 21 heavy (non-hydrogen) atoms. The van der Waals surface area contributed by atoms with Crippen LogP contribution in [0.3, 0.4) is 0 Å². The standard InChI is InChI=1S/C15H24N4O2/c20-15(19-7-9-21-10-8-19)12-17-4-1-14(2-5-17)11-18-6-3-16-13-18/h3,6,13-14H,1-2,4-5,7-12H2. The van der Waals surface area contributed by atoms with Crippen molar-refractivity contribution >= 4 is 5.91 Å². The van der Waals surface area contributed by atoms with Gasteiger partial charge in [0.05, 0.1) is 26.1 Å². The minimum atomic E-state index is 0.256. The van der Waals surface area contributed by atoms with Crippen molar-refractivity contribution in [1.82, 2.24) is 19.4 Å². The van der Waals surface area contributed by atoms with Crippen LogP contribution in [0.4, 0.5) is 0 Å². The van der Waals surface area contributed by atoms with Crippen LogP contribution in [0.15, 0.2) is 18.7 Å². The van der Waals surface area contributed by atoms with Gasteiger partial charge in [0.15, 0.2) is 0 Å². The summed E-state index contributed by atoms with van der Waals surface area (Å²) in [4.78, 5) is 20.5. The Bertz CT molecular complexity index is 435. The van der Waals surface area contributed by atoms with E-state index in [2.05, 4.69) is 14.5 Å². The number of imidazole rings is 1. The number of hydrogen-bond acceptors (Lipinski definition) is 4. The van der Waals surface area contributed by atoms with E-state index in [1.807, 2.05) is 23.6 Å². The molecule has 0 saturated carbocycles. The van der Waals surface area contributed by atoms with Gasteiger partial charge in [-0.25, -0.2) is 4.98 Å². The molecule has 2 aliphatic heterocycles. The highest BCUT2D eigenvalue weighted by molar-refractivity contribution is 5.78. The average Bonchev–Trinajstić information content (AvgIpc) is 3.03. The molecule has 1 aromatic rings. The Morgan fingerprint density at radius 1 is 1.19 bits per heavy atom. The maximum Gasteiger partial charge on any atom is 0.236 e. The SMILES string of the molecule is O=C(CN1CCC(Cn2ccnc2)CC1)N1CCOCC1. The van der Waals surface area contributed by atoms with Crippen molar-refractivity contribution in [2.45, 2.75) is 19.4 Å². The quantitative estimate of drug-likeness (QED) is 0.809. The molecule has 0 aliphatic carbocycles. The van der Waals surface area contributed by atoms with Gasteiger partial charge in [-0.05, 0) is 31.8 Å². The molecule has 3 rings (SSSR count). The molecule has 0 N–H and O–H groups in total. The average molecular weight is 292 g/mol. The van der Waals surface area contributed by atoms with Crippen molar-refractivity contribution < 1.29 is 9.53 Å². The summed E-state index contributed by atoms with van der Waals surface area (Å²) in [5.41, 5.74) is 0. The number of aromatic nitrogens is 2. The number of carbonyl (C=O) groups excluding carboxylic acids is 1. The zero-order chi connectivity index (χ0) is 14.5. The van der Waals surface area contributed by atoms with Gasteiger partial charge in [0, 0.05) is 32.0 Å². The molecule has 0 unspecified atom stereocenters. The molecule has 6 heteroatoms. The van der Waals surface area contributed by atoms with E-state index in [0.717, 1.165) is 45.6 Å². The van der Waals surface area contributed by atoms with E-state index in [1.54, 1.807) is 0 Å². The highest BCUT2D eigenvalue weighted by atomic mass is 16.5. The minimum Gasteiger partial charge on any atom is -0.378 e. The van der Waals surface area contributed by atoms with Gasteiger partial charge in [-0.3, -0.25) is 9.69 Å². The number of nitrogens with zero attached hydrogens (tertiary/aromatic N) is 4. The van der Waals surface area contributed by atoms with Gasteiger partial charge in [-0.15, -0.1) is 0 Å². The van der Waals surface area contributed by atoms with Crippen LogP contribution in [-0.4, -0.2) is 71.2 Å². The lowest BCUT2D eigenvalue weighted by molar-refractivity contribution is -0.136. The summed E-state index contributed by atoms with van der Waals surface area (Å²) in [6.07, 6.45) is 8.06. The molecular formula is C15H24N4O2. The topological polar surface area (TPSA) is 50.6 Å². The first-order valence-corrected chi connectivity index (χ1v) is 7.85. The van der Waals surface area contributed by atoms with E-state index >= 15 is 0 Å². The molecule has 0 spiro atoms. The number of morpholine rings is 1. The van der Waals surface area contributed by atoms with Crippen LogP contribution in [0.25, 0.3) is 0 Å². The first-order valence-electron chi connectivity index (χ1n) is 7.85. The maximum absolute atomic E-state index is 12.2. The Morgan fingerprint density at radius 3 is 2.62 bits per heavy atom. The van der Waals surface area contributed by atoms with Crippen molar-refractivity contribution in [3.8, 4) is 0 Å². The van der Waals surface area contributed by atoms with Crippen LogP contribution in [-0.2, 0) is 16.1 Å². The molecule has 0 atom stereocenters. The van der Waals surface area contributed by atoms with Gasteiger partial charge >= 0.3 is 0 Å². The molecule has 2 fully saturated rings. The Hall–Kier alpha value is -1.40. The van der Waals surface area contributed by atoms with Crippen molar-refractivity contribution in [3.05, 3.63) is 18.7 Å². The van der Waals surface area contributed by atoms with Crippen molar-refractivity contribution in [1.29, 1.82) is 0 Å². The Kier molecular flexibility index (Phi) is 4.87. The third kappa shape index (κ3) is 4.04. The normalized spacial score (nSPS) is 21.6. The number of carbonyl (C=O) groups is 1. The second kappa shape index (κ2) is 7.04. The number of hydrogen-bond donors (Lipinski definition) is 0. The van der Waals surface area contributed by atoms with Crippen molar-refractivity contribution in [3.63, 3.8) is 0 Å². The lowest BCUT2D eigenvalue weighted by atomic mass is 9.97. The van der Waals surface area contributed by atoms with Gasteiger partial charge in [-0.1, -0.05) is 0 Å². The smallest absolute Gasteiger partial charge is 0.236 e. The van der Waals surface area contributed by atoms with E-state index in [-0.39, 0.29) is 5.91 Å². The molecule has 0 radical (unpaired) electrons. The molecule has 2 aliphatic rings. The number of ether oxygens (including phenoxy) is 1. The molecule has 3 heterocycles. The van der Waals surface area contributed by atoms with Gasteiger partial charge in [0.2, 0.25) is 5.91 Å².